The number of halogens is 3. The van der Waals surface area contributed by atoms with E-state index in [2.05, 4.69) is 31.4 Å². The van der Waals surface area contributed by atoms with E-state index in [1.807, 2.05) is 30.3 Å². The maximum Gasteiger partial charge on any atom is 0.416 e. The Bertz CT molecular complexity index is 973. The van der Waals surface area contributed by atoms with Gasteiger partial charge in [-0.3, -0.25) is 10.1 Å². The van der Waals surface area contributed by atoms with Crippen molar-refractivity contribution < 1.29 is 27.4 Å². The molecular weight excluding hydrogens is 445 g/mol. The highest BCUT2D eigenvalue weighted by Gasteiger charge is 2.51. The van der Waals surface area contributed by atoms with Crippen LogP contribution in [0.1, 0.15) is 50.4 Å². The Balaban J connectivity index is 1.95. The summed E-state index contributed by atoms with van der Waals surface area (Å²) in [6.45, 7) is 8.56. The standard InChI is InChI=1S/C26H33F3N2O3/c1-6-34-24(32)23-20(25(2,3)4)22(21(31-23)16-10-8-7-9-11-16)30-15-17-12-13-18(26(27,28)29)14-19(17)33-5/h7-14,20-23,30-31H,6,15H2,1-5H3/t20-,21-,22-,23-/m0/s1. The zero-order valence-corrected chi connectivity index (χ0v) is 20.2. The van der Waals surface area contributed by atoms with Gasteiger partial charge in [-0.15, -0.1) is 0 Å². The second-order valence-electron chi connectivity index (χ2n) is 9.61. The summed E-state index contributed by atoms with van der Waals surface area (Å²) in [5.41, 5.74) is 0.596. The molecule has 0 saturated carbocycles. The number of carbonyl (C=O) groups is 1. The largest absolute Gasteiger partial charge is 0.496 e. The van der Waals surface area contributed by atoms with Gasteiger partial charge in [0.05, 0.1) is 19.3 Å². The summed E-state index contributed by atoms with van der Waals surface area (Å²) in [4.78, 5) is 12.9. The molecule has 0 amide bonds. The van der Waals surface area contributed by atoms with E-state index in [4.69, 9.17) is 9.47 Å². The van der Waals surface area contributed by atoms with Crippen molar-refractivity contribution in [2.75, 3.05) is 13.7 Å². The first kappa shape index (κ1) is 26.0. The maximum absolute atomic E-state index is 13.1. The summed E-state index contributed by atoms with van der Waals surface area (Å²) in [5.74, 6) is -0.282. The van der Waals surface area contributed by atoms with Crippen molar-refractivity contribution in [3.8, 4) is 5.75 Å². The number of methoxy groups -OCH3 is 1. The lowest BCUT2D eigenvalue weighted by Gasteiger charge is -2.36. The van der Waals surface area contributed by atoms with Gasteiger partial charge >= 0.3 is 12.1 Å². The lowest BCUT2D eigenvalue weighted by molar-refractivity contribution is -0.147. The third kappa shape index (κ3) is 5.73. The van der Waals surface area contributed by atoms with Gasteiger partial charge in [0.25, 0.3) is 0 Å². The molecule has 34 heavy (non-hydrogen) atoms. The van der Waals surface area contributed by atoms with Gasteiger partial charge in [-0.2, -0.15) is 13.2 Å². The van der Waals surface area contributed by atoms with Gasteiger partial charge in [0.15, 0.2) is 0 Å². The summed E-state index contributed by atoms with van der Waals surface area (Å²) in [6, 6.07) is 12.4. The summed E-state index contributed by atoms with van der Waals surface area (Å²) in [6.07, 6.45) is -4.45. The molecule has 4 atom stereocenters. The molecule has 3 rings (SSSR count). The van der Waals surface area contributed by atoms with Gasteiger partial charge in [0.2, 0.25) is 0 Å². The predicted molar refractivity (Wildman–Crippen MR) is 124 cm³/mol. The first-order valence-electron chi connectivity index (χ1n) is 11.4. The Morgan fingerprint density at radius 3 is 2.32 bits per heavy atom. The number of hydrogen-bond acceptors (Lipinski definition) is 5. The Morgan fingerprint density at radius 2 is 1.76 bits per heavy atom. The number of carbonyl (C=O) groups excluding carboxylic acids is 1. The first-order valence-corrected chi connectivity index (χ1v) is 11.4. The number of nitrogens with one attached hydrogen (secondary N) is 2. The van der Waals surface area contributed by atoms with Crippen molar-refractivity contribution in [3.05, 3.63) is 65.2 Å². The van der Waals surface area contributed by atoms with Gasteiger partial charge in [-0.25, -0.2) is 0 Å². The number of hydrogen-bond donors (Lipinski definition) is 2. The summed E-state index contributed by atoms with van der Waals surface area (Å²) >= 11 is 0. The molecule has 0 unspecified atom stereocenters. The summed E-state index contributed by atoms with van der Waals surface area (Å²) < 4.78 is 50.1. The molecule has 0 bridgehead atoms. The third-order valence-corrected chi connectivity index (χ3v) is 6.31. The minimum absolute atomic E-state index is 0.141. The van der Waals surface area contributed by atoms with Crippen molar-refractivity contribution in [1.82, 2.24) is 10.6 Å². The molecule has 0 aromatic heterocycles. The molecule has 1 aliphatic rings. The average molecular weight is 479 g/mol. The molecule has 2 aromatic rings. The van der Waals surface area contributed by atoms with Crippen LogP contribution in [0.3, 0.4) is 0 Å². The van der Waals surface area contributed by atoms with Crippen LogP contribution in [-0.4, -0.2) is 31.8 Å². The molecule has 1 fully saturated rings. The van der Waals surface area contributed by atoms with Gasteiger partial charge in [-0.05, 0) is 30.0 Å². The minimum atomic E-state index is -4.45. The minimum Gasteiger partial charge on any atom is -0.496 e. The smallest absolute Gasteiger partial charge is 0.416 e. The van der Waals surface area contributed by atoms with Crippen molar-refractivity contribution in [2.24, 2.45) is 11.3 Å². The monoisotopic (exact) mass is 478 g/mol. The summed E-state index contributed by atoms with van der Waals surface area (Å²) in [7, 11) is 1.36. The number of esters is 1. The zero-order valence-electron chi connectivity index (χ0n) is 20.2. The quantitative estimate of drug-likeness (QED) is 0.542. The molecule has 8 heteroatoms. The summed E-state index contributed by atoms with van der Waals surface area (Å²) in [5, 5.41) is 7.01. The first-order chi connectivity index (χ1) is 16.0. The van der Waals surface area contributed by atoms with Crippen LogP contribution in [0.2, 0.25) is 0 Å². The van der Waals surface area contributed by atoms with E-state index in [0.717, 1.165) is 17.7 Å². The molecule has 1 saturated heterocycles. The van der Waals surface area contributed by atoms with E-state index in [9.17, 15) is 18.0 Å². The highest BCUT2D eigenvalue weighted by Crippen LogP contribution is 2.43. The Labute approximate surface area is 199 Å². The fourth-order valence-corrected chi connectivity index (χ4v) is 4.80. The van der Waals surface area contributed by atoms with Gasteiger partial charge in [0, 0.05) is 30.1 Å². The second kappa shape index (κ2) is 10.4. The Morgan fingerprint density at radius 1 is 1.09 bits per heavy atom. The molecule has 1 heterocycles. The molecule has 1 aliphatic heterocycles. The highest BCUT2D eigenvalue weighted by molar-refractivity contribution is 5.77. The van der Waals surface area contributed by atoms with E-state index in [-0.39, 0.29) is 48.3 Å². The normalized spacial score (nSPS) is 23.1. The second-order valence-corrected chi connectivity index (χ2v) is 9.61. The number of ether oxygens (including phenoxy) is 2. The van der Waals surface area contributed by atoms with Crippen molar-refractivity contribution in [2.45, 2.75) is 58.5 Å². The van der Waals surface area contributed by atoms with Gasteiger partial charge in [0.1, 0.15) is 11.8 Å². The van der Waals surface area contributed by atoms with Crippen molar-refractivity contribution in [1.29, 1.82) is 0 Å². The van der Waals surface area contributed by atoms with Gasteiger partial charge < -0.3 is 14.8 Å². The van der Waals surface area contributed by atoms with Crippen LogP contribution >= 0.6 is 0 Å². The van der Waals surface area contributed by atoms with Crippen LogP contribution in [0, 0.1) is 11.3 Å². The van der Waals surface area contributed by atoms with Crippen LogP contribution in [0.25, 0.3) is 0 Å². The molecule has 0 radical (unpaired) electrons. The van der Waals surface area contributed by atoms with Crippen LogP contribution in [0.4, 0.5) is 13.2 Å². The molecular formula is C26H33F3N2O3. The number of benzene rings is 2. The van der Waals surface area contributed by atoms with Crippen LogP contribution in [-0.2, 0) is 22.3 Å². The molecule has 2 N–H and O–H groups in total. The van der Waals surface area contributed by atoms with E-state index in [0.29, 0.717) is 5.56 Å². The van der Waals surface area contributed by atoms with Crippen LogP contribution in [0.15, 0.2) is 48.5 Å². The zero-order chi connectivity index (χ0) is 25.1. The van der Waals surface area contributed by atoms with Crippen molar-refractivity contribution in [3.63, 3.8) is 0 Å². The van der Waals surface area contributed by atoms with Gasteiger partial charge in [-0.1, -0.05) is 57.2 Å². The molecule has 5 nitrogen and oxygen atoms in total. The molecule has 2 aromatic carbocycles. The van der Waals surface area contributed by atoms with E-state index in [1.54, 1.807) is 6.92 Å². The lowest BCUT2D eigenvalue weighted by atomic mass is 9.72. The molecule has 0 spiro atoms. The fourth-order valence-electron chi connectivity index (χ4n) is 4.80. The average Bonchev–Trinajstić information content (AvgIpc) is 3.18. The Hall–Kier alpha value is -2.58. The fraction of sp³-hybridized carbons (Fsp3) is 0.500. The number of rotatable bonds is 7. The Kier molecular flexibility index (Phi) is 7.93. The van der Waals surface area contributed by atoms with Crippen molar-refractivity contribution >= 4 is 5.97 Å². The lowest BCUT2D eigenvalue weighted by Crippen LogP contribution is -2.47. The number of alkyl halides is 3. The van der Waals surface area contributed by atoms with Crippen LogP contribution in [0.5, 0.6) is 5.75 Å². The predicted octanol–water partition coefficient (Wildman–Crippen LogP) is 5.11. The topological polar surface area (TPSA) is 59.6 Å². The maximum atomic E-state index is 13.1. The SMILES string of the molecule is CCOC(=O)[C@H]1N[C@@H](c2ccccc2)[C@@H](NCc2ccc(C(F)(F)F)cc2OC)[C@@H]1C(C)(C)C. The third-order valence-electron chi connectivity index (χ3n) is 6.31. The highest BCUT2D eigenvalue weighted by atomic mass is 19.4. The van der Waals surface area contributed by atoms with E-state index < -0.39 is 17.8 Å². The molecule has 0 aliphatic carbocycles. The van der Waals surface area contributed by atoms with Crippen LogP contribution < -0.4 is 15.4 Å². The van der Waals surface area contributed by atoms with E-state index in [1.165, 1.54) is 13.2 Å². The van der Waals surface area contributed by atoms with E-state index >= 15 is 0 Å². The molecule has 186 valence electrons.